The van der Waals surface area contributed by atoms with Crippen LogP contribution in [0.15, 0.2) is 30.5 Å². The van der Waals surface area contributed by atoms with Gasteiger partial charge in [0.05, 0.1) is 6.42 Å². The van der Waals surface area contributed by atoms with Crippen LogP contribution in [0.1, 0.15) is 31.2 Å². The van der Waals surface area contributed by atoms with Gasteiger partial charge < -0.3 is 19.7 Å². The molecule has 0 bridgehead atoms. The number of hydrogen-bond donors (Lipinski definition) is 1. The van der Waals surface area contributed by atoms with E-state index in [1.54, 1.807) is 0 Å². The highest BCUT2D eigenvalue weighted by Crippen LogP contribution is 2.31. The number of nitrogens with one attached hydrogen (secondary N) is 1. The zero-order valence-electron chi connectivity index (χ0n) is 17.0. The minimum atomic E-state index is 0.152. The largest absolute Gasteiger partial charge is 0.361 e. The van der Waals surface area contributed by atoms with Crippen molar-refractivity contribution in [3.8, 4) is 0 Å². The summed E-state index contributed by atoms with van der Waals surface area (Å²) < 4.78 is 0. The highest BCUT2D eigenvalue weighted by atomic mass is 16.2. The van der Waals surface area contributed by atoms with Gasteiger partial charge in [0, 0.05) is 55.2 Å². The summed E-state index contributed by atoms with van der Waals surface area (Å²) in [5, 5.41) is 1.12. The number of benzene rings is 1. The van der Waals surface area contributed by atoms with Crippen LogP contribution in [0.5, 0.6) is 0 Å². The first-order valence-corrected chi connectivity index (χ1v) is 11.0. The number of carbonyl (C=O) groups is 2. The van der Waals surface area contributed by atoms with Crippen LogP contribution in [0.25, 0.3) is 10.9 Å². The molecule has 0 atom stereocenters. The highest BCUT2D eigenvalue weighted by Gasteiger charge is 2.35. The van der Waals surface area contributed by atoms with Crippen molar-refractivity contribution in [1.82, 2.24) is 19.7 Å². The number of likely N-dealkylation sites (tertiary alicyclic amines) is 1. The number of piperidine rings is 1. The summed E-state index contributed by atoms with van der Waals surface area (Å²) in [5.41, 5.74) is 2.12. The molecular formula is C23H30N4O2. The minimum absolute atomic E-state index is 0.152. The second kappa shape index (κ2) is 7.82. The van der Waals surface area contributed by atoms with Crippen molar-refractivity contribution < 1.29 is 9.59 Å². The zero-order chi connectivity index (χ0) is 19.8. The van der Waals surface area contributed by atoms with E-state index in [0.29, 0.717) is 38.5 Å². The van der Waals surface area contributed by atoms with Gasteiger partial charge in [-0.1, -0.05) is 18.2 Å². The fourth-order valence-corrected chi connectivity index (χ4v) is 4.94. The Balaban J connectivity index is 1.12. The summed E-state index contributed by atoms with van der Waals surface area (Å²) in [7, 11) is 0. The smallest absolute Gasteiger partial charge is 0.227 e. The average molecular weight is 395 g/mol. The molecule has 1 N–H and O–H groups in total. The van der Waals surface area contributed by atoms with Gasteiger partial charge in [-0.3, -0.25) is 9.59 Å². The number of amides is 2. The third-order valence-electron chi connectivity index (χ3n) is 6.90. The molecule has 1 aromatic heterocycles. The van der Waals surface area contributed by atoms with E-state index in [1.165, 1.54) is 12.8 Å². The van der Waals surface area contributed by atoms with Crippen molar-refractivity contribution in [3.63, 3.8) is 0 Å². The second-order valence-corrected chi connectivity index (χ2v) is 8.78. The molecule has 0 unspecified atom stereocenters. The van der Waals surface area contributed by atoms with Gasteiger partial charge in [0.1, 0.15) is 0 Å². The van der Waals surface area contributed by atoms with Crippen molar-refractivity contribution in [2.24, 2.45) is 5.92 Å². The lowest BCUT2D eigenvalue weighted by atomic mass is 9.95. The van der Waals surface area contributed by atoms with Crippen LogP contribution >= 0.6 is 0 Å². The van der Waals surface area contributed by atoms with E-state index < -0.39 is 0 Å². The zero-order valence-corrected chi connectivity index (χ0v) is 17.0. The number of aromatic nitrogens is 1. The summed E-state index contributed by atoms with van der Waals surface area (Å²) in [6, 6.07) is 8.89. The number of fused-ring (bicyclic) bond motifs is 1. The molecule has 29 heavy (non-hydrogen) atoms. The number of piperazine rings is 1. The van der Waals surface area contributed by atoms with Crippen molar-refractivity contribution >= 4 is 22.7 Å². The van der Waals surface area contributed by atoms with Crippen molar-refractivity contribution in [3.05, 3.63) is 36.0 Å². The fraction of sp³-hybridized carbons (Fsp3) is 0.565. The first-order valence-electron chi connectivity index (χ1n) is 11.0. The van der Waals surface area contributed by atoms with Crippen molar-refractivity contribution in [2.75, 3.05) is 39.3 Å². The standard InChI is InChI=1S/C23H30N4O2/c28-22(15-18-16-24-21-4-2-1-3-20(18)21)26-11-13-27(14-12-26)23(29)17-7-9-25(10-8-17)19-5-6-19/h1-4,16-17,19,24H,5-15H2. The molecule has 1 aromatic carbocycles. The molecule has 3 heterocycles. The SMILES string of the molecule is O=C(Cc1c[nH]c2ccccc12)N1CCN(C(=O)C2CCN(C3CC3)CC2)CC1. The second-order valence-electron chi connectivity index (χ2n) is 8.78. The van der Waals surface area contributed by atoms with Gasteiger partial charge in [-0.05, 0) is 50.4 Å². The molecule has 6 heteroatoms. The highest BCUT2D eigenvalue weighted by molar-refractivity contribution is 5.89. The number of para-hydroxylation sites is 1. The molecule has 1 saturated carbocycles. The van der Waals surface area contributed by atoms with Crippen LogP contribution < -0.4 is 0 Å². The van der Waals surface area contributed by atoms with Crippen LogP contribution in [0.3, 0.4) is 0 Å². The molecule has 2 amide bonds. The van der Waals surface area contributed by atoms with E-state index >= 15 is 0 Å². The third kappa shape index (κ3) is 3.90. The summed E-state index contributed by atoms with van der Waals surface area (Å²) in [5.74, 6) is 0.641. The molecular weight excluding hydrogens is 364 g/mol. The van der Waals surface area contributed by atoms with E-state index in [9.17, 15) is 9.59 Å². The van der Waals surface area contributed by atoms with E-state index in [1.807, 2.05) is 34.2 Å². The van der Waals surface area contributed by atoms with Crippen LogP contribution in [0.2, 0.25) is 0 Å². The number of aromatic amines is 1. The van der Waals surface area contributed by atoms with Gasteiger partial charge >= 0.3 is 0 Å². The van der Waals surface area contributed by atoms with E-state index in [2.05, 4.69) is 16.0 Å². The Morgan fingerprint density at radius 3 is 2.31 bits per heavy atom. The van der Waals surface area contributed by atoms with Crippen LogP contribution in [-0.4, -0.2) is 76.8 Å². The predicted octanol–water partition coefficient (Wildman–Crippen LogP) is 2.26. The van der Waals surface area contributed by atoms with Gasteiger partial charge in [-0.2, -0.15) is 0 Å². The first kappa shape index (κ1) is 18.7. The Labute approximate surface area is 171 Å². The topological polar surface area (TPSA) is 59.7 Å². The molecule has 6 nitrogen and oxygen atoms in total. The lowest BCUT2D eigenvalue weighted by Crippen LogP contribution is -2.53. The molecule has 3 aliphatic rings. The summed E-state index contributed by atoms with van der Waals surface area (Å²) in [4.78, 5) is 35.4. The number of nitrogens with zero attached hydrogens (tertiary/aromatic N) is 3. The van der Waals surface area contributed by atoms with E-state index in [-0.39, 0.29) is 11.8 Å². The number of hydrogen-bond acceptors (Lipinski definition) is 3. The number of carbonyl (C=O) groups excluding carboxylic acids is 2. The Kier molecular flexibility index (Phi) is 5.04. The molecule has 2 aromatic rings. The summed E-state index contributed by atoms with van der Waals surface area (Å²) in [6.07, 6.45) is 7.03. The summed E-state index contributed by atoms with van der Waals surface area (Å²) >= 11 is 0. The Bertz CT molecular complexity index is 887. The molecule has 2 aliphatic heterocycles. The fourth-order valence-electron chi connectivity index (χ4n) is 4.94. The average Bonchev–Trinajstić information content (AvgIpc) is 3.55. The Hall–Kier alpha value is -2.34. The van der Waals surface area contributed by atoms with Gasteiger partial charge in [0.2, 0.25) is 11.8 Å². The van der Waals surface area contributed by atoms with E-state index in [4.69, 9.17) is 0 Å². The third-order valence-corrected chi connectivity index (χ3v) is 6.90. The van der Waals surface area contributed by atoms with Crippen LogP contribution in [-0.2, 0) is 16.0 Å². The predicted molar refractivity (Wildman–Crippen MR) is 112 cm³/mol. The summed E-state index contributed by atoms with van der Waals surface area (Å²) in [6.45, 7) is 4.78. The monoisotopic (exact) mass is 394 g/mol. The van der Waals surface area contributed by atoms with Crippen LogP contribution in [0, 0.1) is 5.92 Å². The Morgan fingerprint density at radius 2 is 1.59 bits per heavy atom. The van der Waals surface area contributed by atoms with Crippen molar-refractivity contribution in [2.45, 2.75) is 38.1 Å². The molecule has 2 saturated heterocycles. The molecule has 0 radical (unpaired) electrons. The van der Waals surface area contributed by atoms with Gasteiger partial charge in [-0.25, -0.2) is 0 Å². The van der Waals surface area contributed by atoms with Gasteiger partial charge in [0.15, 0.2) is 0 Å². The lowest BCUT2D eigenvalue weighted by molar-refractivity contribution is -0.143. The molecule has 0 spiro atoms. The maximum atomic E-state index is 12.9. The van der Waals surface area contributed by atoms with Crippen molar-refractivity contribution in [1.29, 1.82) is 0 Å². The maximum absolute atomic E-state index is 12.9. The molecule has 1 aliphatic carbocycles. The lowest BCUT2D eigenvalue weighted by Gasteiger charge is -2.38. The van der Waals surface area contributed by atoms with Gasteiger partial charge in [0.25, 0.3) is 0 Å². The normalized spacial score (nSPS) is 21.7. The number of H-pyrrole nitrogens is 1. The quantitative estimate of drug-likeness (QED) is 0.865. The molecule has 5 rings (SSSR count). The molecule has 3 fully saturated rings. The maximum Gasteiger partial charge on any atom is 0.227 e. The van der Waals surface area contributed by atoms with Gasteiger partial charge in [-0.15, -0.1) is 0 Å². The van der Waals surface area contributed by atoms with E-state index in [0.717, 1.165) is 48.4 Å². The number of rotatable bonds is 4. The first-order chi connectivity index (χ1) is 14.2. The Morgan fingerprint density at radius 1 is 0.897 bits per heavy atom. The minimum Gasteiger partial charge on any atom is -0.361 e. The van der Waals surface area contributed by atoms with Crippen LogP contribution in [0.4, 0.5) is 0 Å². The molecule has 154 valence electrons.